The summed E-state index contributed by atoms with van der Waals surface area (Å²) in [7, 11) is 0. The molecule has 1 aliphatic rings. The lowest BCUT2D eigenvalue weighted by Crippen LogP contribution is -2.43. The highest BCUT2D eigenvalue weighted by Gasteiger charge is 2.35. The zero-order valence-corrected chi connectivity index (χ0v) is 15.6. The second-order valence-electron chi connectivity index (χ2n) is 7.51. The Bertz CT molecular complexity index is 492. The molecule has 0 aliphatic carbocycles. The molecule has 0 radical (unpaired) electrons. The van der Waals surface area contributed by atoms with Crippen molar-refractivity contribution in [3.63, 3.8) is 0 Å². The van der Waals surface area contributed by atoms with Gasteiger partial charge in [0, 0.05) is 51.1 Å². The van der Waals surface area contributed by atoms with Gasteiger partial charge in [0.1, 0.15) is 0 Å². The van der Waals surface area contributed by atoms with Crippen molar-refractivity contribution in [1.82, 2.24) is 20.2 Å². The zero-order chi connectivity index (χ0) is 17.4. The monoisotopic (exact) mass is 335 g/mol. The van der Waals surface area contributed by atoms with E-state index in [0.29, 0.717) is 5.92 Å². The fourth-order valence-electron chi connectivity index (χ4n) is 3.26. The van der Waals surface area contributed by atoms with Crippen LogP contribution in [0.15, 0.2) is 23.7 Å². The molecule has 0 bridgehead atoms. The predicted molar refractivity (Wildman–Crippen MR) is 98.1 cm³/mol. The van der Waals surface area contributed by atoms with Crippen LogP contribution in [0.2, 0.25) is 0 Å². The maximum Gasteiger partial charge on any atom is 0.191 e. The molecule has 1 aromatic rings. The van der Waals surface area contributed by atoms with Gasteiger partial charge in [-0.05, 0) is 25.2 Å². The summed E-state index contributed by atoms with van der Waals surface area (Å²) >= 11 is 0. The molecule has 0 amide bonds. The normalized spacial score (nSPS) is 22.4. The molecule has 2 rings (SSSR count). The van der Waals surface area contributed by atoms with Gasteiger partial charge in [-0.1, -0.05) is 20.8 Å². The Morgan fingerprint density at radius 1 is 1.38 bits per heavy atom. The van der Waals surface area contributed by atoms with E-state index in [2.05, 4.69) is 47.9 Å². The van der Waals surface area contributed by atoms with Crippen LogP contribution >= 0.6 is 0 Å². The fraction of sp³-hybridized carbons (Fsp3) is 0.778. The third-order valence-corrected chi connectivity index (χ3v) is 4.35. The highest BCUT2D eigenvalue weighted by Crippen LogP contribution is 2.34. The lowest BCUT2D eigenvalue weighted by Gasteiger charge is -2.39. The standard InChI is InChI=1S/C18H33N5O/c1-5-20-17(21-9-11-23-10-8-19-14-23)22-13-15-7-6-12-24-16(15)18(2,3)4/h8,10,14-16H,5-7,9,11-13H2,1-4H3,(H2,20,21,22). The summed E-state index contributed by atoms with van der Waals surface area (Å²) in [4.78, 5) is 8.87. The molecule has 2 unspecified atom stereocenters. The van der Waals surface area contributed by atoms with Crippen LogP contribution in [0.3, 0.4) is 0 Å². The summed E-state index contributed by atoms with van der Waals surface area (Å²) in [6.45, 7) is 13.1. The van der Waals surface area contributed by atoms with E-state index >= 15 is 0 Å². The number of aliphatic imine (C=N–C) groups is 1. The summed E-state index contributed by atoms with van der Waals surface area (Å²) in [5.41, 5.74) is 0.161. The molecule has 6 heteroatoms. The third kappa shape index (κ3) is 5.82. The van der Waals surface area contributed by atoms with E-state index < -0.39 is 0 Å². The van der Waals surface area contributed by atoms with Crippen LogP contribution in [-0.4, -0.2) is 47.9 Å². The molecule has 6 nitrogen and oxygen atoms in total. The quantitative estimate of drug-likeness (QED) is 0.618. The van der Waals surface area contributed by atoms with E-state index in [-0.39, 0.29) is 11.5 Å². The molecule has 24 heavy (non-hydrogen) atoms. The number of aromatic nitrogens is 2. The molecule has 0 aromatic carbocycles. The minimum Gasteiger partial charge on any atom is -0.377 e. The van der Waals surface area contributed by atoms with Gasteiger partial charge in [-0.25, -0.2) is 4.98 Å². The number of imidazole rings is 1. The van der Waals surface area contributed by atoms with E-state index in [1.54, 1.807) is 6.20 Å². The predicted octanol–water partition coefficient (Wildman–Crippen LogP) is 2.28. The molecule has 2 atom stereocenters. The molecule has 1 aliphatic heterocycles. The molecule has 1 saturated heterocycles. The van der Waals surface area contributed by atoms with Crippen LogP contribution < -0.4 is 10.6 Å². The Morgan fingerprint density at radius 2 is 2.21 bits per heavy atom. The highest BCUT2D eigenvalue weighted by atomic mass is 16.5. The Labute approximate surface area is 146 Å². The van der Waals surface area contributed by atoms with Gasteiger partial charge in [0.05, 0.1) is 12.4 Å². The number of nitrogens with one attached hydrogen (secondary N) is 2. The molecule has 0 spiro atoms. The largest absolute Gasteiger partial charge is 0.377 e. The first-order valence-corrected chi connectivity index (χ1v) is 9.10. The number of ether oxygens (including phenoxy) is 1. The zero-order valence-electron chi connectivity index (χ0n) is 15.6. The van der Waals surface area contributed by atoms with Crippen LogP contribution in [0.4, 0.5) is 0 Å². The number of nitrogens with zero attached hydrogens (tertiary/aromatic N) is 3. The van der Waals surface area contributed by atoms with Crippen LogP contribution in [-0.2, 0) is 11.3 Å². The minimum atomic E-state index is 0.161. The van der Waals surface area contributed by atoms with Crippen LogP contribution in [0, 0.1) is 11.3 Å². The van der Waals surface area contributed by atoms with Crippen LogP contribution in [0.25, 0.3) is 0 Å². The smallest absolute Gasteiger partial charge is 0.191 e. The van der Waals surface area contributed by atoms with Gasteiger partial charge in [0.2, 0.25) is 0 Å². The van der Waals surface area contributed by atoms with Crippen molar-refractivity contribution in [2.75, 3.05) is 26.2 Å². The number of rotatable bonds is 6. The molecule has 2 heterocycles. The molecule has 1 fully saturated rings. The summed E-state index contributed by atoms with van der Waals surface area (Å²) in [5.74, 6) is 1.37. The second kappa shape index (κ2) is 9.06. The average Bonchev–Trinajstić information content (AvgIpc) is 3.05. The molecule has 2 N–H and O–H groups in total. The van der Waals surface area contributed by atoms with Gasteiger partial charge in [0.25, 0.3) is 0 Å². The Balaban J connectivity index is 1.88. The first-order chi connectivity index (χ1) is 11.5. The van der Waals surface area contributed by atoms with Crippen molar-refractivity contribution in [1.29, 1.82) is 0 Å². The van der Waals surface area contributed by atoms with Crippen molar-refractivity contribution < 1.29 is 4.74 Å². The first kappa shape index (κ1) is 18.8. The number of hydrogen-bond acceptors (Lipinski definition) is 3. The van der Waals surface area contributed by atoms with Crippen LogP contribution in [0.5, 0.6) is 0 Å². The molecular weight excluding hydrogens is 302 g/mol. The van der Waals surface area contributed by atoms with Crippen molar-refractivity contribution in [2.45, 2.75) is 53.2 Å². The Kier molecular flexibility index (Phi) is 7.09. The third-order valence-electron chi connectivity index (χ3n) is 4.35. The van der Waals surface area contributed by atoms with Gasteiger partial charge in [-0.15, -0.1) is 0 Å². The summed E-state index contributed by atoms with van der Waals surface area (Å²) in [6.07, 6.45) is 8.22. The van der Waals surface area contributed by atoms with E-state index in [1.807, 2.05) is 12.5 Å². The molecule has 136 valence electrons. The van der Waals surface area contributed by atoms with Crippen molar-refractivity contribution in [2.24, 2.45) is 16.3 Å². The van der Waals surface area contributed by atoms with E-state index in [0.717, 1.165) is 45.2 Å². The van der Waals surface area contributed by atoms with E-state index in [9.17, 15) is 0 Å². The second-order valence-corrected chi connectivity index (χ2v) is 7.51. The topological polar surface area (TPSA) is 63.5 Å². The van der Waals surface area contributed by atoms with Crippen molar-refractivity contribution in [3.8, 4) is 0 Å². The van der Waals surface area contributed by atoms with Gasteiger partial charge >= 0.3 is 0 Å². The average molecular weight is 335 g/mol. The van der Waals surface area contributed by atoms with E-state index in [1.165, 1.54) is 6.42 Å². The van der Waals surface area contributed by atoms with Gasteiger partial charge in [-0.3, -0.25) is 4.99 Å². The number of hydrogen-bond donors (Lipinski definition) is 2. The first-order valence-electron chi connectivity index (χ1n) is 9.10. The minimum absolute atomic E-state index is 0.161. The van der Waals surface area contributed by atoms with Crippen molar-refractivity contribution in [3.05, 3.63) is 18.7 Å². The SMILES string of the molecule is CCNC(=NCC1CCCOC1C(C)(C)C)NCCn1ccnc1. The Hall–Kier alpha value is -1.56. The molecule has 0 saturated carbocycles. The van der Waals surface area contributed by atoms with Gasteiger partial charge in [0.15, 0.2) is 5.96 Å². The van der Waals surface area contributed by atoms with E-state index in [4.69, 9.17) is 9.73 Å². The molecule has 1 aromatic heterocycles. The van der Waals surface area contributed by atoms with Crippen LogP contribution in [0.1, 0.15) is 40.5 Å². The van der Waals surface area contributed by atoms with Gasteiger partial charge in [-0.2, -0.15) is 0 Å². The maximum atomic E-state index is 6.06. The van der Waals surface area contributed by atoms with Crippen molar-refractivity contribution >= 4 is 5.96 Å². The maximum absolute atomic E-state index is 6.06. The lowest BCUT2D eigenvalue weighted by molar-refractivity contribution is -0.0823. The molecular formula is C18H33N5O. The summed E-state index contributed by atoms with van der Waals surface area (Å²) < 4.78 is 8.11. The fourth-order valence-corrected chi connectivity index (χ4v) is 3.26. The number of guanidine groups is 1. The van der Waals surface area contributed by atoms with Gasteiger partial charge < -0.3 is 19.9 Å². The highest BCUT2D eigenvalue weighted by molar-refractivity contribution is 5.79. The summed E-state index contributed by atoms with van der Waals surface area (Å²) in [5, 5.41) is 6.73. The lowest BCUT2D eigenvalue weighted by atomic mass is 9.78. The summed E-state index contributed by atoms with van der Waals surface area (Å²) in [6, 6.07) is 0. The Morgan fingerprint density at radius 3 is 2.88 bits per heavy atom.